The van der Waals surface area contributed by atoms with Crippen molar-refractivity contribution in [1.82, 2.24) is 0 Å². The minimum atomic E-state index is -0.310. The van der Waals surface area contributed by atoms with E-state index >= 15 is 0 Å². The number of rotatable bonds is 10. The van der Waals surface area contributed by atoms with E-state index in [9.17, 15) is 9.59 Å². The summed E-state index contributed by atoms with van der Waals surface area (Å²) in [6, 6.07) is 0. The number of ether oxygens (including phenoxy) is 2. The third kappa shape index (κ3) is 6.16. The first kappa shape index (κ1) is 27.8. The van der Waals surface area contributed by atoms with E-state index in [1.54, 1.807) is 7.11 Å². The van der Waals surface area contributed by atoms with Gasteiger partial charge in [0.2, 0.25) is 0 Å². The van der Waals surface area contributed by atoms with Crippen LogP contribution in [0.4, 0.5) is 0 Å². The second-order valence-corrected chi connectivity index (χ2v) is 9.73. The number of aldehydes is 1. The highest BCUT2D eigenvalue weighted by molar-refractivity contribution is 6.15. The van der Waals surface area contributed by atoms with Gasteiger partial charge in [0.15, 0.2) is 0 Å². The maximum Gasteiger partial charge on any atom is 0.148 e. The molecule has 1 aliphatic heterocycles. The molecule has 1 heterocycles. The lowest BCUT2D eigenvalue weighted by Crippen LogP contribution is -2.48. The van der Waals surface area contributed by atoms with Gasteiger partial charge >= 0.3 is 0 Å². The molecule has 1 saturated carbocycles. The summed E-state index contributed by atoms with van der Waals surface area (Å²) in [5, 5.41) is -0.310. The Morgan fingerprint density at radius 2 is 1.94 bits per heavy atom. The molecule has 31 heavy (non-hydrogen) atoms. The molecule has 0 bridgehead atoms. The molecule has 1 aliphatic carbocycles. The summed E-state index contributed by atoms with van der Waals surface area (Å²) in [5.74, 6) is 1.19. The van der Waals surface area contributed by atoms with Crippen molar-refractivity contribution in [3.8, 4) is 0 Å². The van der Waals surface area contributed by atoms with E-state index in [4.69, 9.17) is 22.1 Å². The van der Waals surface area contributed by atoms with Gasteiger partial charge in [-0.25, -0.2) is 0 Å². The van der Waals surface area contributed by atoms with E-state index in [0.717, 1.165) is 38.4 Å². The van der Waals surface area contributed by atoms with Gasteiger partial charge in [0.05, 0.1) is 26.2 Å². The third-order valence-corrected chi connectivity index (χ3v) is 7.83. The van der Waals surface area contributed by atoms with Crippen molar-refractivity contribution in [3.63, 3.8) is 0 Å². The Bertz CT molecular complexity index is 633. The van der Waals surface area contributed by atoms with E-state index in [2.05, 4.69) is 27.7 Å². The predicted molar refractivity (Wildman–Crippen MR) is 124 cm³/mol. The Morgan fingerprint density at radius 1 is 1.29 bits per heavy atom. The lowest BCUT2D eigenvalue weighted by Gasteiger charge is -2.54. The first-order valence-corrected chi connectivity index (χ1v) is 11.5. The first-order chi connectivity index (χ1) is 14.6. The second kappa shape index (κ2) is 12.1. The number of Topliss-reactive ketones (excluding diaryl/α,β-unsaturated/α-hetero) is 1. The first-order valence-electron chi connectivity index (χ1n) is 11.5. The number of carbonyl (C=O) groups excluding carboxylic acids is 3. The lowest BCUT2D eigenvalue weighted by atomic mass is 9.44. The smallest absolute Gasteiger partial charge is 0.148 e. The third-order valence-electron chi connectivity index (χ3n) is 7.83. The normalized spacial score (nSPS) is 33.9. The van der Waals surface area contributed by atoms with Crippen LogP contribution in [-0.2, 0) is 23.9 Å². The fourth-order valence-corrected chi connectivity index (χ4v) is 5.40. The van der Waals surface area contributed by atoms with Gasteiger partial charge in [-0.3, -0.25) is 9.59 Å². The average molecular weight is 432 g/mol. The zero-order valence-corrected chi connectivity index (χ0v) is 20.3. The Hall–Kier alpha value is -1.27. The highest BCUT2D eigenvalue weighted by Gasteiger charge is 2.57. The second-order valence-electron chi connectivity index (χ2n) is 9.73. The van der Waals surface area contributed by atoms with Crippen LogP contribution in [0, 0.1) is 23.7 Å². The molecule has 6 atom stereocenters. The summed E-state index contributed by atoms with van der Waals surface area (Å²) in [4.78, 5) is 32.2. The summed E-state index contributed by atoms with van der Waals surface area (Å²) < 4.78 is 11.6. The van der Waals surface area contributed by atoms with Crippen molar-refractivity contribution >= 4 is 26.7 Å². The summed E-state index contributed by atoms with van der Waals surface area (Å²) in [6.45, 7) is 13.0. The van der Waals surface area contributed by atoms with E-state index in [-0.39, 0.29) is 34.8 Å². The summed E-state index contributed by atoms with van der Waals surface area (Å²) in [5.41, 5.74) is 0.353. The Morgan fingerprint density at radius 3 is 2.45 bits per heavy atom. The fraction of sp³-hybridized carbons (Fsp3) is 0.800. The van der Waals surface area contributed by atoms with Crippen LogP contribution >= 0.6 is 0 Å². The number of carbonyl (C=O) groups is 3. The zero-order valence-electron chi connectivity index (χ0n) is 20.3. The highest BCUT2D eigenvalue weighted by Crippen LogP contribution is 2.62. The van der Waals surface area contributed by atoms with Crippen molar-refractivity contribution in [2.75, 3.05) is 13.7 Å². The summed E-state index contributed by atoms with van der Waals surface area (Å²) >= 11 is 0. The Kier molecular flexibility index (Phi) is 10.8. The number of hydrogen-bond acceptors (Lipinski definition) is 5. The minimum Gasteiger partial charge on any atom is -0.381 e. The molecular formula is C25H41BO5. The van der Waals surface area contributed by atoms with Crippen LogP contribution < -0.4 is 0 Å². The Labute approximate surface area is 190 Å². The molecule has 0 aromatic carbocycles. The van der Waals surface area contributed by atoms with Crippen LogP contribution in [0.2, 0.25) is 5.31 Å². The topological polar surface area (TPSA) is 69.7 Å². The molecule has 0 aromatic rings. The molecule has 2 rings (SSSR count). The standard InChI is InChI=1S/C24H39BO4.CH2O/c1-7-17(4)21(27)9-8-19-20-14-22(18(15-26)10-13-28-6)29-23(20,5)11-12-24(19,25)16(2)3;1-2/h10,15-17,19-20,22H,7-9,11-14H2,1-6H3;1H2/b18-10+;. The van der Waals surface area contributed by atoms with E-state index in [1.807, 2.05) is 19.8 Å². The predicted octanol–water partition coefficient (Wildman–Crippen LogP) is 4.53. The fourth-order valence-electron chi connectivity index (χ4n) is 5.40. The maximum atomic E-state index is 12.6. The van der Waals surface area contributed by atoms with Gasteiger partial charge in [0.25, 0.3) is 0 Å². The van der Waals surface area contributed by atoms with E-state index in [1.165, 1.54) is 0 Å². The molecule has 0 N–H and O–H groups in total. The van der Waals surface area contributed by atoms with Crippen molar-refractivity contribution in [1.29, 1.82) is 0 Å². The van der Waals surface area contributed by atoms with Crippen LogP contribution in [0.1, 0.15) is 73.1 Å². The number of hydrogen-bond donors (Lipinski definition) is 0. The molecule has 2 radical (unpaired) electrons. The number of methoxy groups -OCH3 is 1. The number of ketones is 1. The number of fused-ring (bicyclic) bond motifs is 1. The van der Waals surface area contributed by atoms with E-state index in [0.29, 0.717) is 30.3 Å². The van der Waals surface area contributed by atoms with Crippen molar-refractivity contribution in [2.45, 2.75) is 90.2 Å². The van der Waals surface area contributed by atoms with Gasteiger partial charge in [-0.05, 0) is 56.4 Å². The van der Waals surface area contributed by atoms with Crippen LogP contribution in [0.25, 0.3) is 0 Å². The molecule has 6 heteroatoms. The van der Waals surface area contributed by atoms with Crippen molar-refractivity contribution in [3.05, 3.63) is 11.6 Å². The average Bonchev–Trinajstić information content (AvgIpc) is 3.11. The van der Waals surface area contributed by atoms with Crippen LogP contribution in [0.3, 0.4) is 0 Å². The lowest BCUT2D eigenvalue weighted by molar-refractivity contribution is -0.124. The zero-order chi connectivity index (χ0) is 23.8. The van der Waals surface area contributed by atoms with Crippen LogP contribution in [-0.4, -0.2) is 52.1 Å². The van der Waals surface area contributed by atoms with Crippen molar-refractivity contribution < 1.29 is 23.9 Å². The molecule has 0 aromatic heterocycles. The maximum absolute atomic E-state index is 12.6. The highest BCUT2D eigenvalue weighted by atomic mass is 16.5. The van der Waals surface area contributed by atoms with E-state index < -0.39 is 0 Å². The van der Waals surface area contributed by atoms with Gasteiger partial charge in [-0.2, -0.15) is 0 Å². The van der Waals surface area contributed by atoms with Gasteiger partial charge in [-0.1, -0.05) is 39.4 Å². The molecule has 2 aliphatic rings. The van der Waals surface area contributed by atoms with Crippen LogP contribution in [0.5, 0.6) is 0 Å². The van der Waals surface area contributed by atoms with Gasteiger partial charge in [0, 0.05) is 25.0 Å². The van der Waals surface area contributed by atoms with Gasteiger partial charge in [0.1, 0.15) is 18.9 Å². The SMILES string of the molecule is C=O.[B]C1(C(C)C)CCC2(C)OC(/C(C=O)=C/COC)CC2C1CCC(=O)C(C)CC. The molecule has 2 fully saturated rings. The van der Waals surface area contributed by atoms with Gasteiger partial charge in [-0.15, -0.1) is 0 Å². The quantitative estimate of drug-likeness (QED) is 0.288. The molecule has 6 unspecified atom stereocenters. The minimum absolute atomic E-state index is 0.0995. The monoisotopic (exact) mass is 432 g/mol. The molecular weight excluding hydrogens is 391 g/mol. The molecule has 0 amide bonds. The molecule has 5 nitrogen and oxygen atoms in total. The van der Waals surface area contributed by atoms with Crippen molar-refractivity contribution in [2.24, 2.45) is 23.7 Å². The molecule has 0 spiro atoms. The van der Waals surface area contributed by atoms with Gasteiger partial charge < -0.3 is 14.3 Å². The molecule has 1 saturated heterocycles. The summed E-state index contributed by atoms with van der Waals surface area (Å²) in [7, 11) is 8.64. The van der Waals surface area contributed by atoms with Crippen LogP contribution in [0.15, 0.2) is 11.6 Å². The Balaban J connectivity index is 0.00000233. The molecule has 174 valence electrons. The summed E-state index contributed by atoms with van der Waals surface area (Å²) in [6.07, 6.45) is 7.27. The largest absolute Gasteiger partial charge is 0.381 e.